The number of aromatic nitrogens is 3. The number of pyridine rings is 2. The molecular formula is C31H34N6O4. The summed E-state index contributed by atoms with van der Waals surface area (Å²) < 4.78 is 12.8. The molecule has 0 atom stereocenters. The highest BCUT2D eigenvalue weighted by Crippen LogP contribution is 2.29. The summed E-state index contributed by atoms with van der Waals surface area (Å²) in [5.41, 5.74) is 4.63. The van der Waals surface area contributed by atoms with Crippen molar-refractivity contribution in [2.75, 3.05) is 58.4 Å². The number of piperidine rings is 1. The maximum absolute atomic E-state index is 13.2. The van der Waals surface area contributed by atoms with E-state index >= 15 is 0 Å². The topological polar surface area (TPSA) is 101 Å². The van der Waals surface area contributed by atoms with Crippen molar-refractivity contribution in [1.29, 1.82) is 0 Å². The van der Waals surface area contributed by atoms with Crippen molar-refractivity contribution in [2.24, 2.45) is 0 Å². The number of hydrogen-bond acceptors (Lipinski definition) is 8. The van der Waals surface area contributed by atoms with E-state index in [-0.39, 0.29) is 17.8 Å². The van der Waals surface area contributed by atoms with Gasteiger partial charge in [-0.15, -0.1) is 0 Å². The fraction of sp³-hybridized carbons (Fsp3) is 0.355. The third-order valence-electron chi connectivity index (χ3n) is 7.81. The Hall–Kier alpha value is -4.12. The van der Waals surface area contributed by atoms with E-state index in [1.54, 1.807) is 36.5 Å². The second-order valence-corrected chi connectivity index (χ2v) is 10.5. The number of amides is 1. The molecular weight excluding hydrogens is 520 g/mol. The molecule has 0 radical (unpaired) electrons. The Balaban J connectivity index is 1.19. The van der Waals surface area contributed by atoms with Gasteiger partial charge >= 0.3 is 0 Å². The number of ether oxygens (including phenoxy) is 2. The van der Waals surface area contributed by atoms with Crippen molar-refractivity contribution in [3.63, 3.8) is 0 Å². The first kappa shape index (κ1) is 27.1. The van der Waals surface area contributed by atoms with Gasteiger partial charge in [0.25, 0.3) is 5.91 Å². The third kappa shape index (κ3) is 6.14. The highest BCUT2D eigenvalue weighted by Gasteiger charge is 2.22. The summed E-state index contributed by atoms with van der Waals surface area (Å²) in [5.74, 6) is 0.673. The molecule has 1 aromatic carbocycles. The van der Waals surface area contributed by atoms with Gasteiger partial charge in [0.15, 0.2) is 11.4 Å². The monoisotopic (exact) mass is 554 g/mol. The summed E-state index contributed by atoms with van der Waals surface area (Å²) in [4.78, 5) is 39.0. The summed E-state index contributed by atoms with van der Waals surface area (Å²) in [5, 5.41) is 3.37. The minimum Gasteiger partial charge on any atom is -0.381 e. The lowest BCUT2D eigenvalue weighted by atomic mass is 10.0. The number of imidazole rings is 1. The Morgan fingerprint density at radius 1 is 1.00 bits per heavy atom. The molecule has 3 aromatic heterocycles. The number of morpholine rings is 1. The summed E-state index contributed by atoms with van der Waals surface area (Å²) in [6, 6.07) is 13.4. The molecule has 41 heavy (non-hydrogen) atoms. The number of carbonyl (C=O) groups is 2. The van der Waals surface area contributed by atoms with Crippen LogP contribution in [0.5, 0.6) is 0 Å². The SMILES string of the molecule is COC1CCN(CC(=O)c2cccc(-c3cc(Nc4ccc(C(=O)N5CCOCC5)cn4)c4nccn4c3)c2)CC1. The Morgan fingerprint density at radius 2 is 1.83 bits per heavy atom. The number of likely N-dealkylation sites (tertiary alicyclic amines) is 1. The molecule has 0 bridgehead atoms. The van der Waals surface area contributed by atoms with Gasteiger partial charge in [-0.2, -0.15) is 0 Å². The first-order chi connectivity index (χ1) is 20.1. The van der Waals surface area contributed by atoms with Gasteiger partial charge in [0.2, 0.25) is 0 Å². The molecule has 4 aromatic rings. The molecule has 0 spiro atoms. The zero-order chi connectivity index (χ0) is 28.2. The van der Waals surface area contributed by atoms with Crippen LogP contribution in [0.2, 0.25) is 0 Å². The Morgan fingerprint density at radius 3 is 2.59 bits per heavy atom. The van der Waals surface area contributed by atoms with E-state index < -0.39 is 0 Å². The zero-order valence-corrected chi connectivity index (χ0v) is 23.2. The number of nitrogens with zero attached hydrogens (tertiary/aromatic N) is 5. The number of fused-ring (bicyclic) bond motifs is 1. The Bertz CT molecular complexity index is 1520. The lowest BCUT2D eigenvalue weighted by Crippen LogP contribution is -2.40. The largest absolute Gasteiger partial charge is 0.381 e. The van der Waals surface area contributed by atoms with E-state index in [0.29, 0.717) is 49.8 Å². The van der Waals surface area contributed by atoms with Crippen molar-refractivity contribution >= 4 is 28.8 Å². The van der Waals surface area contributed by atoms with Crippen LogP contribution in [0.25, 0.3) is 16.8 Å². The average molecular weight is 555 g/mol. The van der Waals surface area contributed by atoms with E-state index in [1.807, 2.05) is 47.1 Å². The molecule has 0 unspecified atom stereocenters. The minimum absolute atomic E-state index is 0.0427. The number of anilines is 2. The van der Waals surface area contributed by atoms with Gasteiger partial charge in [0, 0.05) is 69.2 Å². The minimum atomic E-state index is -0.0427. The predicted molar refractivity (Wildman–Crippen MR) is 156 cm³/mol. The van der Waals surface area contributed by atoms with Crippen LogP contribution in [0.1, 0.15) is 33.6 Å². The van der Waals surface area contributed by atoms with Crippen molar-refractivity contribution in [3.05, 3.63) is 78.4 Å². The maximum Gasteiger partial charge on any atom is 0.255 e. The standard InChI is InChI=1S/C31H34N6O4/c1-40-26-7-10-35(11-8-26)21-28(38)23-4-2-3-22(17-23)25-18-27(30-32-9-12-37(30)20-25)34-29-6-5-24(19-33-29)31(39)36-13-15-41-16-14-36/h2-6,9,12,17-20,26H,7-8,10-11,13-16,21H2,1H3,(H,33,34). The second kappa shape index (κ2) is 12.2. The molecule has 2 fully saturated rings. The van der Waals surface area contributed by atoms with Gasteiger partial charge in [0.05, 0.1) is 37.1 Å². The smallest absolute Gasteiger partial charge is 0.255 e. The van der Waals surface area contributed by atoms with E-state index in [2.05, 4.69) is 20.2 Å². The number of benzene rings is 1. The van der Waals surface area contributed by atoms with Gasteiger partial charge in [-0.25, -0.2) is 9.97 Å². The van der Waals surface area contributed by atoms with Crippen LogP contribution in [0.3, 0.4) is 0 Å². The van der Waals surface area contributed by atoms with Crippen LogP contribution in [-0.4, -0.2) is 95.0 Å². The molecule has 10 heteroatoms. The number of ketones is 1. The summed E-state index contributed by atoms with van der Waals surface area (Å²) in [6.07, 6.45) is 9.42. The highest BCUT2D eigenvalue weighted by molar-refractivity contribution is 5.99. The molecule has 6 rings (SSSR count). The number of nitrogens with one attached hydrogen (secondary N) is 1. The van der Waals surface area contributed by atoms with E-state index in [4.69, 9.17) is 9.47 Å². The van der Waals surface area contributed by atoms with Crippen LogP contribution in [0.4, 0.5) is 11.5 Å². The van der Waals surface area contributed by atoms with E-state index in [0.717, 1.165) is 48.4 Å². The quantitative estimate of drug-likeness (QED) is 0.327. The molecule has 1 N–H and O–H groups in total. The third-order valence-corrected chi connectivity index (χ3v) is 7.81. The molecule has 212 valence electrons. The summed E-state index contributed by atoms with van der Waals surface area (Å²) in [7, 11) is 1.75. The Labute approximate surface area is 238 Å². The Kier molecular flexibility index (Phi) is 8.04. The van der Waals surface area contributed by atoms with Crippen LogP contribution >= 0.6 is 0 Å². The molecule has 2 saturated heterocycles. The van der Waals surface area contributed by atoms with Gasteiger partial charge in [0.1, 0.15) is 5.82 Å². The fourth-order valence-electron chi connectivity index (χ4n) is 5.43. The average Bonchev–Trinajstić information content (AvgIpc) is 3.51. The number of carbonyl (C=O) groups excluding carboxylic acids is 2. The lowest BCUT2D eigenvalue weighted by Gasteiger charge is -2.30. The predicted octanol–water partition coefficient (Wildman–Crippen LogP) is 3.91. The molecule has 2 aliphatic heterocycles. The zero-order valence-electron chi connectivity index (χ0n) is 23.2. The fourth-order valence-corrected chi connectivity index (χ4v) is 5.43. The summed E-state index contributed by atoms with van der Waals surface area (Å²) in [6.45, 7) is 4.43. The first-order valence-electron chi connectivity index (χ1n) is 14.0. The van der Waals surface area contributed by atoms with Crippen molar-refractivity contribution in [2.45, 2.75) is 18.9 Å². The maximum atomic E-state index is 13.2. The van der Waals surface area contributed by atoms with Crippen molar-refractivity contribution in [3.8, 4) is 11.1 Å². The van der Waals surface area contributed by atoms with Crippen molar-refractivity contribution < 1.29 is 19.1 Å². The van der Waals surface area contributed by atoms with Gasteiger partial charge in [-0.1, -0.05) is 18.2 Å². The molecule has 0 saturated carbocycles. The van der Waals surface area contributed by atoms with E-state index in [1.165, 1.54) is 0 Å². The van der Waals surface area contributed by atoms with Crippen molar-refractivity contribution in [1.82, 2.24) is 24.2 Å². The summed E-state index contributed by atoms with van der Waals surface area (Å²) >= 11 is 0. The van der Waals surface area contributed by atoms with Crippen LogP contribution in [-0.2, 0) is 9.47 Å². The number of methoxy groups -OCH3 is 1. The van der Waals surface area contributed by atoms with Gasteiger partial charge in [-0.3, -0.25) is 14.5 Å². The van der Waals surface area contributed by atoms with Gasteiger partial charge in [-0.05, 0) is 42.7 Å². The molecule has 0 aliphatic carbocycles. The number of Topliss-reactive ketones (excluding diaryl/α,β-unsaturated/α-hetero) is 1. The molecule has 5 heterocycles. The molecule has 2 aliphatic rings. The van der Waals surface area contributed by atoms with Crippen LogP contribution in [0, 0.1) is 0 Å². The highest BCUT2D eigenvalue weighted by atomic mass is 16.5. The second-order valence-electron chi connectivity index (χ2n) is 10.5. The molecule has 10 nitrogen and oxygen atoms in total. The van der Waals surface area contributed by atoms with Crippen LogP contribution in [0.15, 0.2) is 67.3 Å². The number of rotatable bonds is 8. The first-order valence-corrected chi connectivity index (χ1v) is 14.0. The molecule has 1 amide bonds. The van der Waals surface area contributed by atoms with E-state index in [9.17, 15) is 9.59 Å². The normalized spacial score (nSPS) is 16.7. The lowest BCUT2D eigenvalue weighted by molar-refractivity contribution is 0.0302. The van der Waals surface area contributed by atoms with Crippen LogP contribution < -0.4 is 5.32 Å². The number of hydrogen-bond donors (Lipinski definition) is 1. The van der Waals surface area contributed by atoms with Gasteiger partial charge < -0.3 is 24.1 Å².